The molecule has 0 aromatic heterocycles. The molecule has 0 amide bonds. The Kier molecular flexibility index (Phi) is 5.46. The Morgan fingerprint density at radius 2 is 2.22 bits per heavy atom. The maximum Gasteiger partial charge on any atom is 0.0939 e. The van der Waals surface area contributed by atoms with E-state index < -0.39 is 0 Å². The molecule has 0 aromatic rings. The fourth-order valence-electron chi connectivity index (χ4n) is 3.46. The molecule has 3 nitrogen and oxygen atoms in total. The van der Waals surface area contributed by atoms with Gasteiger partial charge in [-0.1, -0.05) is 26.7 Å². The zero-order chi connectivity index (χ0) is 12.8. The molecule has 0 bridgehead atoms. The van der Waals surface area contributed by atoms with Crippen molar-refractivity contribution in [1.82, 2.24) is 5.32 Å². The number of hydrogen-bond acceptors (Lipinski definition) is 3. The number of hydrogen-bond donors (Lipinski definition) is 1. The Hall–Kier alpha value is -0.120. The summed E-state index contributed by atoms with van der Waals surface area (Å²) in [5.74, 6) is 0.770. The van der Waals surface area contributed by atoms with Crippen LogP contribution >= 0.6 is 0 Å². The molecule has 2 aliphatic rings. The zero-order valence-corrected chi connectivity index (χ0v) is 12.0. The lowest BCUT2D eigenvalue weighted by Crippen LogP contribution is -2.47. The molecule has 18 heavy (non-hydrogen) atoms. The van der Waals surface area contributed by atoms with Crippen molar-refractivity contribution in [1.29, 1.82) is 0 Å². The lowest BCUT2D eigenvalue weighted by atomic mass is 9.79. The maximum absolute atomic E-state index is 6.04. The van der Waals surface area contributed by atoms with E-state index in [-0.39, 0.29) is 5.60 Å². The van der Waals surface area contributed by atoms with E-state index in [1.165, 1.54) is 32.1 Å². The van der Waals surface area contributed by atoms with Crippen LogP contribution < -0.4 is 5.32 Å². The van der Waals surface area contributed by atoms with Gasteiger partial charge in [0.1, 0.15) is 0 Å². The normalized spacial score (nSPS) is 34.0. The molecule has 2 saturated heterocycles. The molecule has 0 aromatic carbocycles. The fourth-order valence-corrected chi connectivity index (χ4v) is 3.46. The highest BCUT2D eigenvalue weighted by molar-refractivity contribution is 4.93. The molecule has 3 heteroatoms. The van der Waals surface area contributed by atoms with Crippen molar-refractivity contribution < 1.29 is 9.47 Å². The summed E-state index contributed by atoms with van der Waals surface area (Å²) in [6.45, 7) is 8.19. The summed E-state index contributed by atoms with van der Waals surface area (Å²) in [5.41, 5.74) is 0.0583. The largest absolute Gasteiger partial charge is 0.378 e. The van der Waals surface area contributed by atoms with Gasteiger partial charge in [0.15, 0.2) is 0 Å². The SMILES string of the molecule is CCCCC(NCC)C1CCOC2(CCOC2)C1. The van der Waals surface area contributed by atoms with Crippen molar-refractivity contribution in [3.8, 4) is 0 Å². The standard InChI is InChI=1S/C15H29NO2/c1-3-5-6-14(16-4-2)13-7-9-18-15(11-13)8-10-17-12-15/h13-14,16H,3-12H2,1-2H3. The van der Waals surface area contributed by atoms with E-state index in [9.17, 15) is 0 Å². The molecular weight excluding hydrogens is 226 g/mol. The number of ether oxygens (including phenoxy) is 2. The highest BCUT2D eigenvalue weighted by Crippen LogP contribution is 2.37. The first kappa shape index (κ1) is 14.3. The number of unbranched alkanes of at least 4 members (excludes halogenated alkanes) is 1. The molecule has 2 heterocycles. The van der Waals surface area contributed by atoms with Crippen LogP contribution in [0.3, 0.4) is 0 Å². The quantitative estimate of drug-likeness (QED) is 0.791. The second-order valence-corrected chi connectivity index (χ2v) is 5.89. The molecule has 0 radical (unpaired) electrons. The first-order valence-electron chi connectivity index (χ1n) is 7.75. The second kappa shape index (κ2) is 6.88. The Morgan fingerprint density at radius 1 is 1.33 bits per heavy atom. The van der Waals surface area contributed by atoms with Crippen molar-refractivity contribution in [3.63, 3.8) is 0 Å². The summed E-state index contributed by atoms with van der Waals surface area (Å²) in [7, 11) is 0. The molecule has 2 rings (SSSR count). The summed E-state index contributed by atoms with van der Waals surface area (Å²) < 4.78 is 11.6. The van der Waals surface area contributed by atoms with E-state index in [0.29, 0.717) is 6.04 Å². The number of nitrogens with one attached hydrogen (secondary N) is 1. The predicted octanol–water partition coefficient (Wildman–Crippen LogP) is 2.74. The number of rotatable bonds is 6. The predicted molar refractivity (Wildman–Crippen MR) is 73.8 cm³/mol. The van der Waals surface area contributed by atoms with Crippen molar-refractivity contribution >= 4 is 0 Å². The van der Waals surface area contributed by atoms with Crippen LogP contribution in [0, 0.1) is 5.92 Å². The van der Waals surface area contributed by atoms with Crippen molar-refractivity contribution in [2.75, 3.05) is 26.4 Å². The van der Waals surface area contributed by atoms with E-state index in [2.05, 4.69) is 19.2 Å². The molecule has 3 atom stereocenters. The van der Waals surface area contributed by atoms with Gasteiger partial charge in [0, 0.05) is 25.7 Å². The van der Waals surface area contributed by atoms with Gasteiger partial charge in [0.05, 0.1) is 12.2 Å². The Balaban J connectivity index is 1.91. The average Bonchev–Trinajstić information content (AvgIpc) is 2.82. The van der Waals surface area contributed by atoms with Gasteiger partial charge in [0.2, 0.25) is 0 Å². The molecule has 0 saturated carbocycles. The van der Waals surface area contributed by atoms with Gasteiger partial charge in [-0.15, -0.1) is 0 Å². The summed E-state index contributed by atoms with van der Waals surface area (Å²) in [6, 6.07) is 0.677. The summed E-state index contributed by atoms with van der Waals surface area (Å²) in [5, 5.41) is 3.70. The van der Waals surface area contributed by atoms with Gasteiger partial charge in [-0.3, -0.25) is 0 Å². The average molecular weight is 255 g/mol. The van der Waals surface area contributed by atoms with Crippen LogP contribution in [-0.2, 0) is 9.47 Å². The smallest absolute Gasteiger partial charge is 0.0939 e. The Bertz CT molecular complexity index is 239. The van der Waals surface area contributed by atoms with E-state index in [0.717, 1.165) is 38.7 Å². The van der Waals surface area contributed by atoms with Gasteiger partial charge in [0.25, 0.3) is 0 Å². The van der Waals surface area contributed by atoms with E-state index in [4.69, 9.17) is 9.47 Å². The van der Waals surface area contributed by atoms with Crippen LogP contribution in [0.5, 0.6) is 0 Å². The minimum absolute atomic E-state index is 0.0583. The highest BCUT2D eigenvalue weighted by atomic mass is 16.6. The fraction of sp³-hybridized carbons (Fsp3) is 1.00. The Morgan fingerprint density at radius 3 is 2.89 bits per heavy atom. The van der Waals surface area contributed by atoms with E-state index in [1.807, 2.05) is 0 Å². The molecule has 3 unspecified atom stereocenters. The molecular formula is C15H29NO2. The van der Waals surface area contributed by atoms with E-state index in [1.54, 1.807) is 0 Å². The van der Waals surface area contributed by atoms with Gasteiger partial charge in [-0.25, -0.2) is 0 Å². The van der Waals surface area contributed by atoms with Crippen molar-refractivity contribution in [2.24, 2.45) is 5.92 Å². The molecule has 1 spiro atoms. The third-order valence-electron chi connectivity index (χ3n) is 4.50. The molecule has 2 fully saturated rings. The minimum atomic E-state index is 0.0583. The lowest BCUT2D eigenvalue weighted by molar-refractivity contribution is -0.103. The summed E-state index contributed by atoms with van der Waals surface area (Å²) >= 11 is 0. The van der Waals surface area contributed by atoms with Gasteiger partial charge < -0.3 is 14.8 Å². The van der Waals surface area contributed by atoms with Gasteiger partial charge in [-0.05, 0) is 31.7 Å². The van der Waals surface area contributed by atoms with Crippen LogP contribution in [0.25, 0.3) is 0 Å². The van der Waals surface area contributed by atoms with Crippen LogP contribution in [0.2, 0.25) is 0 Å². The monoisotopic (exact) mass is 255 g/mol. The van der Waals surface area contributed by atoms with Crippen molar-refractivity contribution in [2.45, 2.75) is 64.0 Å². The molecule has 0 aliphatic carbocycles. The Labute approximate surface area is 112 Å². The van der Waals surface area contributed by atoms with Crippen LogP contribution in [0.1, 0.15) is 52.4 Å². The molecule has 106 valence electrons. The second-order valence-electron chi connectivity index (χ2n) is 5.89. The molecule has 1 N–H and O–H groups in total. The van der Waals surface area contributed by atoms with E-state index >= 15 is 0 Å². The maximum atomic E-state index is 6.04. The highest BCUT2D eigenvalue weighted by Gasteiger charge is 2.42. The summed E-state index contributed by atoms with van der Waals surface area (Å²) in [6.07, 6.45) is 7.43. The molecule has 2 aliphatic heterocycles. The lowest BCUT2D eigenvalue weighted by Gasteiger charge is -2.40. The zero-order valence-electron chi connectivity index (χ0n) is 12.0. The van der Waals surface area contributed by atoms with Crippen LogP contribution in [-0.4, -0.2) is 38.0 Å². The van der Waals surface area contributed by atoms with Crippen LogP contribution in [0.15, 0.2) is 0 Å². The van der Waals surface area contributed by atoms with Crippen molar-refractivity contribution in [3.05, 3.63) is 0 Å². The van der Waals surface area contributed by atoms with Gasteiger partial charge >= 0.3 is 0 Å². The topological polar surface area (TPSA) is 30.5 Å². The summed E-state index contributed by atoms with van der Waals surface area (Å²) in [4.78, 5) is 0. The minimum Gasteiger partial charge on any atom is -0.378 e. The van der Waals surface area contributed by atoms with Crippen LogP contribution in [0.4, 0.5) is 0 Å². The third kappa shape index (κ3) is 3.46. The third-order valence-corrected chi connectivity index (χ3v) is 4.50. The first-order chi connectivity index (χ1) is 8.79. The first-order valence-corrected chi connectivity index (χ1v) is 7.75. The van der Waals surface area contributed by atoms with Gasteiger partial charge in [-0.2, -0.15) is 0 Å².